The normalized spacial score (nSPS) is 15.7. The lowest BCUT2D eigenvalue weighted by molar-refractivity contribution is -0.122. The molecule has 3 amide bonds. The molecule has 1 aliphatic rings. The van der Waals surface area contributed by atoms with E-state index in [9.17, 15) is 19.2 Å². The van der Waals surface area contributed by atoms with Gasteiger partial charge in [-0.1, -0.05) is 17.7 Å². The van der Waals surface area contributed by atoms with Gasteiger partial charge in [0, 0.05) is 30.7 Å². The minimum absolute atomic E-state index is 0.0275. The van der Waals surface area contributed by atoms with Gasteiger partial charge in [0.2, 0.25) is 11.8 Å². The lowest BCUT2D eigenvalue weighted by Gasteiger charge is -2.17. The number of hydrogen-bond donors (Lipinski definition) is 2. The summed E-state index contributed by atoms with van der Waals surface area (Å²) in [6.07, 6.45) is 0.0275. The molecule has 1 fully saturated rings. The zero-order valence-corrected chi connectivity index (χ0v) is 18.9. The lowest BCUT2D eigenvalue weighted by atomic mass is 10.1. The standard InChI is InChI=1S/C21H22ClN3O5S/c1-4-30-21(29)16-11(2)17(19(28)23-3)31-20(16)24-18(27)12-8-15(26)25(10-12)14-7-5-6-13(22)9-14/h5-7,9,12H,4,8,10H2,1-3H3,(H,23,28)(H,24,27). The summed E-state index contributed by atoms with van der Waals surface area (Å²) in [6, 6.07) is 6.85. The maximum absolute atomic E-state index is 12.9. The lowest BCUT2D eigenvalue weighted by Crippen LogP contribution is -2.28. The molecule has 0 saturated carbocycles. The van der Waals surface area contributed by atoms with Gasteiger partial charge in [0.05, 0.1) is 23.0 Å². The van der Waals surface area contributed by atoms with Crippen LogP contribution in [0.1, 0.15) is 38.9 Å². The fourth-order valence-electron chi connectivity index (χ4n) is 3.37. The zero-order chi connectivity index (χ0) is 22.7. The number of halogens is 1. The fraction of sp³-hybridized carbons (Fsp3) is 0.333. The van der Waals surface area contributed by atoms with Gasteiger partial charge in [0.15, 0.2) is 0 Å². The Labute approximate surface area is 188 Å². The van der Waals surface area contributed by atoms with Gasteiger partial charge < -0.3 is 20.3 Å². The van der Waals surface area contributed by atoms with E-state index in [0.717, 1.165) is 11.3 Å². The maximum Gasteiger partial charge on any atom is 0.341 e. The summed E-state index contributed by atoms with van der Waals surface area (Å²) in [7, 11) is 1.48. The Kier molecular flexibility index (Phi) is 6.97. The molecule has 10 heteroatoms. The van der Waals surface area contributed by atoms with Crippen molar-refractivity contribution in [3.05, 3.63) is 45.3 Å². The van der Waals surface area contributed by atoms with Crippen molar-refractivity contribution in [3.63, 3.8) is 0 Å². The molecule has 0 radical (unpaired) electrons. The number of nitrogens with one attached hydrogen (secondary N) is 2. The van der Waals surface area contributed by atoms with Gasteiger partial charge in [-0.25, -0.2) is 4.79 Å². The van der Waals surface area contributed by atoms with E-state index in [1.54, 1.807) is 38.1 Å². The van der Waals surface area contributed by atoms with Crippen molar-refractivity contribution >= 4 is 57.3 Å². The van der Waals surface area contributed by atoms with Gasteiger partial charge in [-0.2, -0.15) is 0 Å². The molecule has 0 bridgehead atoms. The Morgan fingerprint density at radius 1 is 1.32 bits per heavy atom. The summed E-state index contributed by atoms with van der Waals surface area (Å²) in [5, 5.41) is 5.97. The third-order valence-corrected chi connectivity index (χ3v) is 6.35. The number of hydrogen-bond acceptors (Lipinski definition) is 6. The Hall–Kier alpha value is -2.91. The minimum atomic E-state index is -0.621. The molecule has 1 unspecified atom stereocenters. The Bertz CT molecular complexity index is 1050. The van der Waals surface area contributed by atoms with Crippen molar-refractivity contribution in [3.8, 4) is 0 Å². The average Bonchev–Trinajstić information content (AvgIpc) is 3.27. The number of esters is 1. The molecular weight excluding hydrogens is 442 g/mol. The predicted octanol–water partition coefficient (Wildman–Crippen LogP) is 3.24. The highest BCUT2D eigenvalue weighted by molar-refractivity contribution is 7.18. The SMILES string of the molecule is CCOC(=O)c1c(NC(=O)C2CC(=O)N(c3cccc(Cl)c3)C2)sc(C(=O)NC)c1C. The second-order valence-corrected chi connectivity index (χ2v) is 8.39. The summed E-state index contributed by atoms with van der Waals surface area (Å²) in [4.78, 5) is 51.9. The zero-order valence-electron chi connectivity index (χ0n) is 17.3. The van der Waals surface area contributed by atoms with E-state index in [1.807, 2.05) is 0 Å². The van der Waals surface area contributed by atoms with Crippen LogP contribution < -0.4 is 15.5 Å². The largest absolute Gasteiger partial charge is 0.462 e. The highest BCUT2D eigenvalue weighted by Gasteiger charge is 2.36. The van der Waals surface area contributed by atoms with Crippen molar-refractivity contribution in [1.29, 1.82) is 0 Å². The van der Waals surface area contributed by atoms with Crippen molar-refractivity contribution in [1.82, 2.24) is 5.32 Å². The summed E-state index contributed by atoms with van der Waals surface area (Å²) in [5.74, 6) is -2.21. The van der Waals surface area contributed by atoms with E-state index >= 15 is 0 Å². The smallest absolute Gasteiger partial charge is 0.341 e. The molecule has 164 valence electrons. The molecule has 0 aliphatic carbocycles. The van der Waals surface area contributed by atoms with Crippen LogP contribution in [0.25, 0.3) is 0 Å². The number of nitrogens with zero attached hydrogens (tertiary/aromatic N) is 1. The number of ether oxygens (including phenoxy) is 1. The molecule has 31 heavy (non-hydrogen) atoms. The van der Waals surface area contributed by atoms with E-state index in [0.29, 0.717) is 21.2 Å². The monoisotopic (exact) mass is 463 g/mol. The molecule has 1 atom stereocenters. The van der Waals surface area contributed by atoms with Crippen LogP contribution in [0.2, 0.25) is 5.02 Å². The van der Waals surface area contributed by atoms with E-state index in [2.05, 4.69) is 10.6 Å². The molecule has 2 N–H and O–H groups in total. The summed E-state index contributed by atoms with van der Waals surface area (Å²) in [6.45, 7) is 3.64. The van der Waals surface area contributed by atoms with Gasteiger partial charge in [0.1, 0.15) is 5.00 Å². The van der Waals surface area contributed by atoms with Crippen LogP contribution in [0.15, 0.2) is 24.3 Å². The Balaban J connectivity index is 1.83. The molecule has 8 nitrogen and oxygen atoms in total. The maximum atomic E-state index is 12.9. The molecule has 1 aromatic carbocycles. The molecule has 1 aliphatic heterocycles. The molecule has 3 rings (SSSR count). The number of anilines is 2. The average molecular weight is 464 g/mol. The second-order valence-electron chi connectivity index (χ2n) is 6.93. The Morgan fingerprint density at radius 3 is 2.71 bits per heavy atom. The van der Waals surface area contributed by atoms with Crippen LogP contribution in [0.4, 0.5) is 10.7 Å². The first-order valence-corrected chi connectivity index (χ1v) is 10.9. The molecule has 2 heterocycles. The van der Waals surface area contributed by atoms with Crippen LogP contribution in [-0.2, 0) is 14.3 Å². The van der Waals surface area contributed by atoms with E-state index < -0.39 is 17.8 Å². The van der Waals surface area contributed by atoms with Crippen molar-refractivity contribution in [2.45, 2.75) is 20.3 Å². The molecule has 0 spiro atoms. The van der Waals surface area contributed by atoms with E-state index in [1.165, 1.54) is 11.9 Å². The first-order valence-electron chi connectivity index (χ1n) is 9.66. The van der Waals surface area contributed by atoms with Gasteiger partial charge in [0.25, 0.3) is 5.91 Å². The number of thiophene rings is 1. The molecular formula is C21H22ClN3O5S. The summed E-state index contributed by atoms with van der Waals surface area (Å²) >= 11 is 7.01. The quantitative estimate of drug-likeness (QED) is 0.640. The van der Waals surface area contributed by atoms with E-state index in [-0.39, 0.29) is 42.0 Å². The molecule has 1 saturated heterocycles. The third kappa shape index (κ3) is 4.72. The fourth-order valence-corrected chi connectivity index (χ4v) is 4.70. The van der Waals surface area contributed by atoms with Crippen molar-refractivity contribution in [2.75, 3.05) is 30.4 Å². The van der Waals surface area contributed by atoms with Gasteiger partial charge in [-0.05, 0) is 37.6 Å². The number of rotatable bonds is 6. The first kappa shape index (κ1) is 22.8. The molecule has 1 aromatic heterocycles. The van der Waals surface area contributed by atoms with Crippen molar-refractivity contribution in [2.24, 2.45) is 5.92 Å². The first-order chi connectivity index (χ1) is 14.8. The summed E-state index contributed by atoms with van der Waals surface area (Å²) in [5.41, 5.74) is 1.20. The highest BCUT2D eigenvalue weighted by Crippen LogP contribution is 2.35. The van der Waals surface area contributed by atoms with Crippen LogP contribution in [0, 0.1) is 12.8 Å². The number of carbonyl (C=O) groups excluding carboxylic acids is 4. The van der Waals surface area contributed by atoms with Crippen LogP contribution >= 0.6 is 22.9 Å². The minimum Gasteiger partial charge on any atom is -0.462 e. The highest BCUT2D eigenvalue weighted by atomic mass is 35.5. The number of carbonyl (C=O) groups is 4. The Morgan fingerprint density at radius 2 is 2.06 bits per heavy atom. The van der Waals surface area contributed by atoms with Crippen molar-refractivity contribution < 1.29 is 23.9 Å². The van der Waals surface area contributed by atoms with Gasteiger partial charge in [-0.3, -0.25) is 14.4 Å². The van der Waals surface area contributed by atoms with Crippen LogP contribution in [0.3, 0.4) is 0 Å². The second kappa shape index (κ2) is 9.49. The van der Waals surface area contributed by atoms with Gasteiger partial charge in [-0.15, -0.1) is 11.3 Å². The van der Waals surface area contributed by atoms with Crippen LogP contribution in [0.5, 0.6) is 0 Å². The summed E-state index contributed by atoms with van der Waals surface area (Å²) < 4.78 is 5.10. The number of amides is 3. The predicted molar refractivity (Wildman–Crippen MR) is 119 cm³/mol. The molecule has 2 aromatic rings. The van der Waals surface area contributed by atoms with E-state index in [4.69, 9.17) is 16.3 Å². The number of benzene rings is 1. The topological polar surface area (TPSA) is 105 Å². The van der Waals surface area contributed by atoms with Gasteiger partial charge >= 0.3 is 5.97 Å². The van der Waals surface area contributed by atoms with Crippen LogP contribution in [-0.4, -0.2) is 43.9 Å². The third-order valence-electron chi connectivity index (χ3n) is 4.91.